The number of hydrogen-bond donors (Lipinski definition) is 0. The molecule has 2 nitrogen and oxygen atoms in total. The summed E-state index contributed by atoms with van der Waals surface area (Å²) in [6, 6.07) is 7.41. The van der Waals surface area contributed by atoms with Crippen LogP contribution in [-0.2, 0) is 16.1 Å². The summed E-state index contributed by atoms with van der Waals surface area (Å²) in [5, 5.41) is 0.672. The minimum absolute atomic E-state index is 0.112. The van der Waals surface area contributed by atoms with Gasteiger partial charge in [-0.2, -0.15) is 0 Å². The van der Waals surface area contributed by atoms with Crippen molar-refractivity contribution in [3.05, 3.63) is 34.9 Å². The van der Waals surface area contributed by atoms with Gasteiger partial charge in [-0.05, 0) is 24.1 Å². The molecule has 0 unspecified atom stereocenters. The van der Waals surface area contributed by atoms with Crippen molar-refractivity contribution in [2.45, 2.75) is 64.9 Å². The summed E-state index contributed by atoms with van der Waals surface area (Å²) in [6.07, 6.45) is 8.99. The Labute approximate surface area is 127 Å². The van der Waals surface area contributed by atoms with Gasteiger partial charge in [-0.3, -0.25) is 4.79 Å². The van der Waals surface area contributed by atoms with Crippen molar-refractivity contribution < 1.29 is 9.53 Å². The average molecular weight is 297 g/mol. The molecular weight excluding hydrogens is 272 g/mol. The molecule has 0 radical (unpaired) electrons. The first-order valence-electron chi connectivity index (χ1n) is 7.62. The van der Waals surface area contributed by atoms with Crippen molar-refractivity contribution in [3.63, 3.8) is 0 Å². The molecule has 0 aliphatic rings. The second kappa shape index (κ2) is 10.7. The van der Waals surface area contributed by atoms with E-state index in [-0.39, 0.29) is 5.97 Å². The predicted octanol–water partition coefficient (Wildman–Crippen LogP) is 5.52. The quantitative estimate of drug-likeness (QED) is 0.419. The highest BCUT2D eigenvalue weighted by atomic mass is 35.5. The molecule has 0 heterocycles. The Kier molecular flexibility index (Phi) is 9.14. The average Bonchev–Trinajstić information content (AvgIpc) is 2.44. The van der Waals surface area contributed by atoms with Gasteiger partial charge in [-0.1, -0.05) is 69.2 Å². The van der Waals surface area contributed by atoms with Gasteiger partial charge in [0.05, 0.1) is 0 Å². The molecular formula is C17H25ClO2. The molecule has 1 rings (SSSR count). The van der Waals surface area contributed by atoms with Gasteiger partial charge in [0.25, 0.3) is 0 Å². The Morgan fingerprint density at radius 1 is 1.10 bits per heavy atom. The van der Waals surface area contributed by atoms with E-state index in [9.17, 15) is 4.79 Å². The third-order valence-electron chi connectivity index (χ3n) is 3.27. The number of unbranched alkanes of at least 4 members (excludes halogenated alkanes) is 6. The van der Waals surface area contributed by atoms with Crippen LogP contribution in [0.25, 0.3) is 0 Å². The maximum Gasteiger partial charge on any atom is 0.306 e. The number of carbonyl (C=O) groups is 1. The highest BCUT2D eigenvalue weighted by Gasteiger charge is 2.03. The maximum atomic E-state index is 11.6. The fourth-order valence-electron chi connectivity index (χ4n) is 2.09. The summed E-state index contributed by atoms with van der Waals surface area (Å²) in [4.78, 5) is 11.6. The largest absolute Gasteiger partial charge is 0.461 e. The third-order valence-corrected chi connectivity index (χ3v) is 3.51. The molecule has 0 atom stereocenters. The molecule has 1 aromatic rings. The van der Waals surface area contributed by atoms with Crippen molar-refractivity contribution in [2.24, 2.45) is 0 Å². The van der Waals surface area contributed by atoms with Gasteiger partial charge in [-0.15, -0.1) is 0 Å². The van der Waals surface area contributed by atoms with E-state index in [1.807, 2.05) is 24.3 Å². The lowest BCUT2D eigenvalue weighted by Crippen LogP contribution is -2.04. The molecule has 0 aliphatic heterocycles. The van der Waals surface area contributed by atoms with Crippen LogP contribution < -0.4 is 0 Å². The molecule has 0 aromatic heterocycles. The van der Waals surface area contributed by atoms with E-state index < -0.39 is 0 Å². The maximum absolute atomic E-state index is 11.6. The number of rotatable bonds is 10. The van der Waals surface area contributed by atoms with E-state index in [0.717, 1.165) is 18.4 Å². The second-order valence-corrected chi connectivity index (χ2v) is 5.60. The standard InChI is InChI=1S/C17H25ClO2/c1-2-3-4-5-6-7-8-12-17(19)20-14-15-10-9-11-16(18)13-15/h9-11,13H,2-8,12,14H2,1H3. The van der Waals surface area contributed by atoms with Gasteiger partial charge in [0.1, 0.15) is 6.61 Å². The summed E-state index contributed by atoms with van der Waals surface area (Å²) in [5.41, 5.74) is 0.936. The normalized spacial score (nSPS) is 10.5. The van der Waals surface area contributed by atoms with E-state index in [0.29, 0.717) is 18.1 Å². The smallest absolute Gasteiger partial charge is 0.306 e. The van der Waals surface area contributed by atoms with Crippen LogP contribution in [0, 0.1) is 0 Å². The van der Waals surface area contributed by atoms with Gasteiger partial charge in [0, 0.05) is 11.4 Å². The number of halogens is 1. The van der Waals surface area contributed by atoms with Crippen LogP contribution in [0.5, 0.6) is 0 Å². The van der Waals surface area contributed by atoms with Crippen LogP contribution >= 0.6 is 11.6 Å². The van der Waals surface area contributed by atoms with E-state index in [1.54, 1.807) is 0 Å². The zero-order chi connectivity index (χ0) is 14.6. The first-order valence-corrected chi connectivity index (χ1v) is 8.00. The number of benzene rings is 1. The summed E-state index contributed by atoms with van der Waals surface area (Å²) >= 11 is 5.87. The molecule has 20 heavy (non-hydrogen) atoms. The Balaban J connectivity index is 2.03. The van der Waals surface area contributed by atoms with Gasteiger partial charge in [0.15, 0.2) is 0 Å². The SMILES string of the molecule is CCCCCCCCCC(=O)OCc1cccc(Cl)c1. The zero-order valence-corrected chi connectivity index (χ0v) is 13.1. The molecule has 0 amide bonds. The molecule has 0 N–H and O–H groups in total. The van der Waals surface area contributed by atoms with Gasteiger partial charge >= 0.3 is 5.97 Å². The molecule has 1 aromatic carbocycles. The van der Waals surface area contributed by atoms with Crippen LogP contribution in [0.2, 0.25) is 5.02 Å². The topological polar surface area (TPSA) is 26.3 Å². The predicted molar refractivity (Wildman–Crippen MR) is 83.9 cm³/mol. The lowest BCUT2D eigenvalue weighted by atomic mass is 10.1. The fourth-order valence-corrected chi connectivity index (χ4v) is 2.30. The minimum Gasteiger partial charge on any atom is -0.461 e. The van der Waals surface area contributed by atoms with Gasteiger partial charge in [-0.25, -0.2) is 0 Å². The molecule has 112 valence electrons. The summed E-state index contributed by atoms with van der Waals surface area (Å²) in [6.45, 7) is 2.53. The highest BCUT2D eigenvalue weighted by Crippen LogP contribution is 2.12. The molecule has 0 fully saturated rings. The summed E-state index contributed by atoms with van der Waals surface area (Å²) in [5.74, 6) is -0.112. The summed E-state index contributed by atoms with van der Waals surface area (Å²) in [7, 11) is 0. The number of esters is 1. The molecule has 0 saturated carbocycles. The van der Waals surface area contributed by atoms with E-state index in [4.69, 9.17) is 16.3 Å². The molecule has 0 spiro atoms. The summed E-state index contributed by atoms with van der Waals surface area (Å²) < 4.78 is 5.23. The molecule has 0 aliphatic carbocycles. The van der Waals surface area contributed by atoms with Crippen molar-refractivity contribution in [3.8, 4) is 0 Å². The van der Waals surface area contributed by atoms with Gasteiger partial charge < -0.3 is 4.74 Å². The van der Waals surface area contributed by atoms with Crippen molar-refractivity contribution in [1.82, 2.24) is 0 Å². The Bertz CT molecular complexity index is 390. The van der Waals surface area contributed by atoms with Crippen molar-refractivity contribution in [2.75, 3.05) is 0 Å². The monoisotopic (exact) mass is 296 g/mol. The second-order valence-electron chi connectivity index (χ2n) is 5.16. The van der Waals surface area contributed by atoms with Crippen LogP contribution in [0.1, 0.15) is 63.9 Å². The lowest BCUT2D eigenvalue weighted by Gasteiger charge is -2.05. The van der Waals surface area contributed by atoms with Crippen LogP contribution in [0.3, 0.4) is 0 Å². The van der Waals surface area contributed by atoms with E-state index in [1.165, 1.54) is 32.1 Å². The van der Waals surface area contributed by atoms with Crippen LogP contribution in [0.15, 0.2) is 24.3 Å². The number of ether oxygens (including phenoxy) is 1. The lowest BCUT2D eigenvalue weighted by molar-refractivity contribution is -0.145. The first-order chi connectivity index (χ1) is 9.72. The highest BCUT2D eigenvalue weighted by molar-refractivity contribution is 6.30. The van der Waals surface area contributed by atoms with Gasteiger partial charge in [0.2, 0.25) is 0 Å². The minimum atomic E-state index is -0.112. The van der Waals surface area contributed by atoms with Crippen molar-refractivity contribution >= 4 is 17.6 Å². The van der Waals surface area contributed by atoms with Crippen LogP contribution in [0.4, 0.5) is 0 Å². The number of carbonyl (C=O) groups excluding carboxylic acids is 1. The van der Waals surface area contributed by atoms with Crippen molar-refractivity contribution in [1.29, 1.82) is 0 Å². The Morgan fingerprint density at radius 2 is 1.80 bits per heavy atom. The third kappa shape index (κ3) is 8.21. The van der Waals surface area contributed by atoms with E-state index in [2.05, 4.69) is 6.92 Å². The van der Waals surface area contributed by atoms with E-state index >= 15 is 0 Å². The molecule has 0 bridgehead atoms. The Morgan fingerprint density at radius 3 is 2.50 bits per heavy atom. The Hall–Kier alpha value is -1.02. The van der Waals surface area contributed by atoms with Crippen LogP contribution in [-0.4, -0.2) is 5.97 Å². The zero-order valence-electron chi connectivity index (χ0n) is 12.4. The molecule has 3 heteroatoms. The fraction of sp³-hybridized carbons (Fsp3) is 0.588. The first kappa shape index (κ1) is 17.0. The number of hydrogen-bond acceptors (Lipinski definition) is 2. The molecule has 0 saturated heterocycles.